The Hall–Kier alpha value is -2.83. The minimum atomic E-state index is -1.11. The summed E-state index contributed by atoms with van der Waals surface area (Å²) >= 11 is 0. The summed E-state index contributed by atoms with van der Waals surface area (Å²) in [6.07, 6.45) is 7.27. The van der Waals surface area contributed by atoms with E-state index in [0.717, 1.165) is 0 Å². The fourth-order valence-electron chi connectivity index (χ4n) is 1.58. The third-order valence-corrected chi connectivity index (χ3v) is 2.54. The first-order chi connectivity index (χ1) is 9.65. The summed E-state index contributed by atoms with van der Waals surface area (Å²) in [6, 6.07) is 2.35. The van der Waals surface area contributed by atoms with Gasteiger partial charge in [-0.1, -0.05) is 0 Å². The monoisotopic (exact) mass is 275 g/mol. The highest BCUT2D eigenvalue weighted by molar-refractivity contribution is 5.94. The van der Waals surface area contributed by atoms with Crippen molar-refractivity contribution in [3.8, 4) is 0 Å². The second-order valence-corrected chi connectivity index (χ2v) is 4.03. The molecule has 0 saturated heterocycles. The SMILES string of the molecule is O=C(C=Cc1ccco1)NC(Cc1cnc[nH]1)C(=O)O. The van der Waals surface area contributed by atoms with Crippen molar-refractivity contribution in [1.29, 1.82) is 0 Å². The third kappa shape index (κ3) is 3.84. The van der Waals surface area contributed by atoms with Crippen LogP contribution in [0, 0.1) is 0 Å². The van der Waals surface area contributed by atoms with Crippen molar-refractivity contribution in [2.75, 3.05) is 0 Å². The van der Waals surface area contributed by atoms with Crippen LogP contribution in [0.15, 0.2) is 41.4 Å². The zero-order chi connectivity index (χ0) is 14.4. The Morgan fingerprint density at radius 3 is 3.00 bits per heavy atom. The van der Waals surface area contributed by atoms with Gasteiger partial charge in [0.2, 0.25) is 5.91 Å². The van der Waals surface area contributed by atoms with E-state index < -0.39 is 17.9 Å². The van der Waals surface area contributed by atoms with Gasteiger partial charge in [-0.3, -0.25) is 4.79 Å². The number of carboxylic acid groups (broad SMARTS) is 1. The topological polar surface area (TPSA) is 108 Å². The molecule has 0 saturated carbocycles. The molecule has 0 aliphatic rings. The van der Waals surface area contributed by atoms with E-state index in [1.165, 1.54) is 30.9 Å². The van der Waals surface area contributed by atoms with Crippen molar-refractivity contribution in [3.63, 3.8) is 0 Å². The van der Waals surface area contributed by atoms with Crippen LogP contribution in [0.1, 0.15) is 11.5 Å². The molecule has 0 spiro atoms. The number of imidazole rings is 1. The lowest BCUT2D eigenvalue weighted by Gasteiger charge is -2.11. The number of aliphatic carboxylic acids is 1. The number of furan rings is 1. The number of hydrogen-bond donors (Lipinski definition) is 3. The van der Waals surface area contributed by atoms with Gasteiger partial charge in [0.1, 0.15) is 11.8 Å². The van der Waals surface area contributed by atoms with E-state index in [4.69, 9.17) is 9.52 Å². The predicted molar refractivity (Wildman–Crippen MR) is 69.6 cm³/mol. The number of nitrogens with zero attached hydrogens (tertiary/aromatic N) is 1. The second-order valence-electron chi connectivity index (χ2n) is 4.03. The minimum Gasteiger partial charge on any atom is -0.480 e. The van der Waals surface area contributed by atoms with E-state index in [-0.39, 0.29) is 6.42 Å². The molecular weight excluding hydrogens is 262 g/mol. The van der Waals surface area contributed by atoms with Gasteiger partial charge in [-0.2, -0.15) is 0 Å². The molecule has 0 aliphatic carbocycles. The molecule has 7 nitrogen and oxygen atoms in total. The molecule has 2 aromatic heterocycles. The number of hydrogen-bond acceptors (Lipinski definition) is 4. The quantitative estimate of drug-likeness (QED) is 0.676. The molecule has 7 heteroatoms. The number of amides is 1. The molecule has 0 radical (unpaired) electrons. The Balaban J connectivity index is 1.94. The van der Waals surface area contributed by atoms with E-state index in [1.54, 1.807) is 12.1 Å². The van der Waals surface area contributed by atoms with Gasteiger partial charge in [-0.05, 0) is 18.2 Å². The average molecular weight is 275 g/mol. The highest BCUT2D eigenvalue weighted by Crippen LogP contribution is 2.03. The van der Waals surface area contributed by atoms with Crippen LogP contribution in [0.4, 0.5) is 0 Å². The van der Waals surface area contributed by atoms with Gasteiger partial charge < -0.3 is 19.8 Å². The van der Waals surface area contributed by atoms with E-state index in [2.05, 4.69) is 15.3 Å². The van der Waals surface area contributed by atoms with Gasteiger partial charge in [-0.15, -0.1) is 0 Å². The highest BCUT2D eigenvalue weighted by Gasteiger charge is 2.19. The third-order valence-electron chi connectivity index (χ3n) is 2.54. The first-order valence-electron chi connectivity index (χ1n) is 5.87. The van der Waals surface area contributed by atoms with E-state index >= 15 is 0 Å². The van der Waals surface area contributed by atoms with E-state index in [1.807, 2.05) is 0 Å². The molecule has 1 amide bonds. The fraction of sp³-hybridized carbons (Fsp3) is 0.154. The highest BCUT2D eigenvalue weighted by atomic mass is 16.4. The predicted octanol–water partition coefficient (Wildman–Crippen LogP) is 0.828. The largest absolute Gasteiger partial charge is 0.480 e. The molecule has 0 aliphatic heterocycles. The van der Waals surface area contributed by atoms with Gasteiger partial charge in [-0.25, -0.2) is 9.78 Å². The Morgan fingerprint density at radius 1 is 1.55 bits per heavy atom. The first-order valence-corrected chi connectivity index (χ1v) is 5.87. The van der Waals surface area contributed by atoms with Crippen molar-refractivity contribution in [1.82, 2.24) is 15.3 Å². The first kappa shape index (κ1) is 13.6. The Labute approximate surface area is 114 Å². The van der Waals surface area contributed by atoms with Gasteiger partial charge >= 0.3 is 5.97 Å². The number of carbonyl (C=O) groups excluding carboxylic acids is 1. The van der Waals surface area contributed by atoms with Crippen LogP contribution in [0.2, 0.25) is 0 Å². The normalized spacial score (nSPS) is 12.4. The van der Waals surface area contributed by atoms with Gasteiger partial charge in [0, 0.05) is 24.4 Å². The van der Waals surface area contributed by atoms with Gasteiger partial charge in [0.25, 0.3) is 0 Å². The van der Waals surface area contributed by atoms with E-state index in [0.29, 0.717) is 11.5 Å². The maximum absolute atomic E-state index is 11.7. The van der Waals surface area contributed by atoms with Crippen molar-refractivity contribution >= 4 is 18.0 Å². The number of aromatic amines is 1. The molecule has 20 heavy (non-hydrogen) atoms. The molecule has 1 unspecified atom stereocenters. The average Bonchev–Trinajstić information content (AvgIpc) is 3.08. The van der Waals surface area contributed by atoms with Crippen LogP contribution in [-0.2, 0) is 16.0 Å². The van der Waals surface area contributed by atoms with Crippen molar-refractivity contribution in [3.05, 3.63) is 48.5 Å². The van der Waals surface area contributed by atoms with Crippen molar-refractivity contribution in [2.45, 2.75) is 12.5 Å². The molecular formula is C13H13N3O4. The molecule has 0 fully saturated rings. The number of carbonyl (C=O) groups is 2. The summed E-state index contributed by atoms with van der Waals surface area (Å²) in [5, 5.41) is 11.5. The van der Waals surface area contributed by atoms with Crippen LogP contribution in [0.5, 0.6) is 0 Å². The number of carboxylic acids is 1. The molecule has 0 aromatic carbocycles. The van der Waals surface area contributed by atoms with E-state index in [9.17, 15) is 9.59 Å². The van der Waals surface area contributed by atoms with Crippen LogP contribution in [0.3, 0.4) is 0 Å². The van der Waals surface area contributed by atoms with Gasteiger partial charge in [0.05, 0.1) is 12.6 Å². The van der Waals surface area contributed by atoms with Crippen LogP contribution in [0.25, 0.3) is 6.08 Å². The summed E-state index contributed by atoms with van der Waals surface area (Å²) < 4.78 is 5.03. The number of aromatic nitrogens is 2. The van der Waals surface area contributed by atoms with Crippen LogP contribution in [-0.4, -0.2) is 33.0 Å². The zero-order valence-electron chi connectivity index (χ0n) is 10.4. The standard InChI is InChI=1S/C13H13N3O4/c17-12(4-3-10-2-1-5-20-10)16-11(13(18)19)6-9-7-14-8-15-9/h1-5,7-8,11H,6H2,(H,14,15)(H,16,17)(H,18,19). The lowest BCUT2D eigenvalue weighted by molar-refractivity contribution is -0.141. The molecule has 1 atom stereocenters. The molecule has 104 valence electrons. The Morgan fingerprint density at radius 2 is 2.40 bits per heavy atom. The number of H-pyrrole nitrogens is 1. The van der Waals surface area contributed by atoms with Crippen molar-refractivity contribution < 1.29 is 19.1 Å². The molecule has 2 rings (SSSR count). The summed E-state index contributed by atoms with van der Waals surface area (Å²) in [5.74, 6) is -1.10. The Kier molecular flexibility index (Phi) is 4.33. The summed E-state index contributed by atoms with van der Waals surface area (Å²) in [7, 11) is 0. The lowest BCUT2D eigenvalue weighted by atomic mass is 10.1. The van der Waals surface area contributed by atoms with Crippen LogP contribution >= 0.6 is 0 Å². The maximum atomic E-state index is 11.7. The summed E-state index contributed by atoms with van der Waals surface area (Å²) in [4.78, 5) is 29.3. The Bertz CT molecular complexity index is 587. The van der Waals surface area contributed by atoms with Gasteiger partial charge in [0.15, 0.2) is 0 Å². The number of rotatable bonds is 6. The zero-order valence-corrected chi connectivity index (χ0v) is 10.4. The minimum absolute atomic E-state index is 0.135. The molecule has 0 bridgehead atoms. The second kappa shape index (κ2) is 6.37. The number of nitrogens with one attached hydrogen (secondary N) is 2. The van der Waals surface area contributed by atoms with Crippen LogP contribution < -0.4 is 5.32 Å². The lowest BCUT2D eigenvalue weighted by Crippen LogP contribution is -2.41. The molecule has 2 heterocycles. The van der Waals surface area contributed by atoms with Crippen molar-refractivity contribution in [2.24, 2.45) is 0 Å². The smallest absolute Gasteiger partial charge is 0.326 e. The maximum Gasteiger partial charge on any atom is 0.326 e. The summed E-state index contributed by atoms with van der Waals surface area (Å²) in [6.45, 7) is 0. The molecule has 2 aromatic rings. The fourth-order valence-corrected chi connectivity index (χ4v) is 1.58. The molecule has 3 N–H and O–H groups in total. The summed E-state index contributed by atoms with van der Waals surface area (Å²) in [5.41, 5.74) is 0.632.